The third-order valence-electron chi connectivity index (χ3n) is 3.76. The molecule has 21 heavy (non-hydrogen) atoms. The van der Waals surface area contributed by atoms with Crippen LogP contribution >= 0.6 is 0 Å². The van der Waals surface area contributed by atoms with Crippen molar-refractivity contribution < 1.29 is 0 Å². The zero-order chi connectivity index (χ0) is 14.7. The molecule has 3 rings (SSSR count). The molecule has 0 aliphatic carbocycles. The number of hydrogen-bond acceptors (Lipinski definition) is 2. The first-order valence-electron chi connectivity index (χ1n) is 7.12. The maximum Gasteiger partial charge on any atom is 0.251 e. The fraction of sp³-hybridized carbons (Fsp3) is 0.167. The van der Waals surface area contributed by atoms with Crippen molar-refractivity contribution in [1.29, 1.82) is 0 Å². The Morgan fingerprint density at radius 2 is 1.76 bits per heavy atom. The second kappa shape index (κ2) is 5.94. The van der Waals surface area contributed by atoms with E-state index in [2.05, 4.69) is 48.6 Å². The van der Waals surface area contributed by atoms with E-state index in [0.717, 1.165) is 0 Å². The number of aromatic nitrogens is 1. The van der Waals surface area contributed by atoms with Crippen molar-refractivity contribution in [1.82, 2.24) is 9.88 Å². The minimum absolute atomic E-state index is 0.00937. The van der Waals surface area contributed by atoms with Gasteiger partial charge in [0.15, 0.2) is 0 Å². The molecule has 1 heterocycles. The van der Waals surface area contributed by atoms with Crippen molar-refractivity contribution in [2.45, 2.75) is 19.6 Å². The molecular weight excluding hydrogens is 260 g/mol. The second-order valence-corrected chi connectivity index (χ2v) is 5.16. The molecule has 1 aromatic heterocycles. The van der Waals surface area contributed by atoms with Gasteiger partial charge in [0.2, 0.25) is 0 Å². The predicted octanol–water partition coefficient (Wildman–Crippen LogP) is 3.31. The van der Waals surface area contributed by atoms with Gasteiger partial charge in [0, 0.05) is 18.3 Å². The highest BCUT2D eigenvalue weighted by molar-refractivity contribution is 5.86. The standard InChI is InChI=1S/C18H18N2O/c1-14(19-13-20-12-5-4-11-18(20)21)16-10-6-8-15-7-2-3-9-17(15)16/h2-12,14,19H,13H2,1H3/t14-/m1/s1. The molecule has 0 unspecified atom stereocenters. The van der Waals surface area contributed by atoms with Crippen LogP contribution in [0.2, 0.25) is 0 Å². The third kappa shape index (κ3) is 2.88. The van der Waals surface area contributed by atoms with Gasteiger partial charge in [-0.25, -0.2) is 0 Å². The first kappa shape index (κ1) is 13.6. The van der Waals surface area contributed by atoms with Crippen LogP contribution in [-0.2, 0) is 6.67 Å². The van der Waals surface area contributed by atoms with Crippen molar-refractivity contribution in [2.24, 2.45) is 0 Å². The summed E-state index contributed by atoms with van der Waals surface area (Å²) in [7, 11) is 0. The number of nitrogens with zero attached hydrogens (tertiary/aromatic N) is 1. The van der Waals surface area contributed by atoms with Gasteiger partial charge in [0.05, 0.1) is 6.67 Å². The van der Waals surface area contributed by atoms with Gasteiger partial charge in [-0.15, -0.1) is 0 Å². The summed E-state index contributed by atoms with van der Waals surface area (Å²) in [5.41, 5.74) is 1.26. The summed E-state index contributed by atoms with van der Waals surface area (Å²) in [6, 6.07) is 20.1. The molecule has 0 amide bonds. The van der Waals surface area contributed by atoms with Crippen LogP contribution in [0.1, 0.15) is 18.5 Å². The van der Waals surface area contributed by atoms with Gasteiger partial charge in [-0.2, -0.15) is 0 Å². The maximum atomic E-state index is 11.7. The summed E-state index contributed by atoms with van der Waals surface area (Å²) in [6.07, 6.45) is 1.80. The molecule has 3 aromatic rings. The summed E-state index contributed by atoms with van der Waals surface area (Å²) < 4.78 is 1.67. The molecule has 0 bridgehead atoms. The largest absolute Gasteiger partial charge is 0.302 e. The number of rotatable bonds is 4. The molecule has 3 heteroatoms. The van der Waals surface area contributed by atoms with E-state index in [1.54, 1.807) is 22.9 Å². The predicted molar refractivity (Wildman–Crippen MR) is 86.2 cm³/mol. The average Bonchev–Trinajstić information content (AvgIpc) is 2.53. The second-order valence-electron chi connectivity index (χ2n) is 5.16. The topological polar surface area (TPSA) is 34.0 Å². The molecule has 106 valence electrons. The molecule has 0 saturated heterocycles. The normalized spacial score (nSPS) is 12.4. The van der Waals surface area contributed by atoms with Gasteiger partial charge in [-0.1, -0.05) is 48.5 Å². The van der Waals surface area contributed by atoms with Crippen LogP contribution < -0.4 is 10.9 Å². The fourth-order valence-corrected chi connectivity index (χ4v) is 2.56. The monoisotopic (exact) mass is 278 g/mol. The lowest BCUT2D eigenvalue weighted by molar-refractivity contribution is 0.481. The molecule has 0 saturated carbocycles. The van der Waals surface area contributed by atoms with E-state index in [-0.39, 0.29) is 11.6 Å². The lowest BCUT2D eigenvalue weighted by Crippen LogP contribution is -2.28. The Morgan fingerprint density at radius 1 is 1.00 bits per heavy atom. The first-order valence-corrected chi connectivity index (χ1v) is 7.12. The summed E-state index contributed by atoms with van der Waals surface area (Å²) >= 11 is 0. The number of benzene rings is 2. The summed E-state index contributed by atoms with van der Waals surface area (Å²) in [4.78, 5) is 11.7. The zero-order valence-electron chi connectivity index (χ0n) is 12.0. The van der Waals surface area contributed by atoms with Crippen molar-refractivity contribution >= 4 is 10.8 Å². The lowest BCUT2D eigenvalue weighted by atomic mass is 10.00. The Bertz CT molecular complexity index is 802. The zero-order valence-corrected chi connectivity index (χ0v) is 12.0. The van der Waals surface area contributed by atoms with Crippen LogP contribution in [-0.4, -0.2) is 4.57 Å². The Balaban J connectivity index is 1.83. The van der Waals surface area contributed by atoms with E-state index in [9.17, 15) is 4.79 Å². The quantitative estimate of drug-likeness (QED) is 0.794. The van der Waals surface area contributed by atoms with Crippen molar-refractivity contribution in [3.63, 3.8) is 0 Å². The third-order valence-corrected chi connectivity index (χ3v) is 3.76. The number of hydrogen-bond donors (Lipinski definition) is 1. The van der Waals surface area contributed by atoms with Gasteiger partial charge in [0.1, 0.15) is 0 Å². The van der Waals surface area contributed by atoms with Crippen LogP contribution in [0, 0.1) is 0 Å². The van der Waals surface area contributed by atoms with Gasteiger partial charge < -0.3 is 4.57 Å². The van der Waals surface area contributed by atoms with Gasteiger partial charge >= 0.3 is 0 Å². The number of fused-ring (bicyclic) bond motifs is 1. The van der Waals surface area contributed by atoms with Crippen LogP contribution in [0.4, 0.5) is 0 Å². The van der Waals surface area contributed by atoms with Crippen LogP contribution in [0.5, 0.6) is 0 Å². The summed E-state index contributed by atoms with van der Waals surface area (Å²) in [5, 5.41) is 5.90. The highest BCUT2D eigenvalue weighted by Gasteiger charge is 2.08. The van der Waals surface area contributed by atoms with Gasteiger partial charge in [-0.3, -0.25) is 10.1 Å². The van der Waals surface area contributed by atoms with Gasteiger partial charge in [-0.05, 0) is 29.3 Å². The first-order chi connectivity index (χ1) is 10.3. The maximum absolute atomic E-state index is 11.7. The van der Waals surface area contributed by atoms with Crippen molar-refractivity contribution in [3.05, 3.63) is 82.8 Å². The molecule has 0 aliphatic rings. The molecule has 1 N–H and O–H groups in total. The Morgan fingerprint density at radius 3 is 2.62 bits per heavy atom. The highest BCUT2D eigenvalue weighted by atomic mass is 16.1. The van der Waals surface area contributed by atoms with E-state index in [4.69, 9.17) is 0 Å². The molecule has 0 fully saturated rings. The van der Waals surface area contributed by atoms with E-state index >= 15 is 0 Å². The highest BCUT2D eigenvalue weighted by Crippen LogP contribution is 2.23. The molecule has 2 aromatic carbocycles. The van der Waals surface area contributed by atoms with Crippen molar-refractivity contribution in [3.8, 4) is 0 Å². The number of nitrogens with one attached hydrogen (secondary N) is 1. The average molecular weight is 278 g/mol. The SMILES string of the molecule is C[C@@H](NCn1ccccc1=O)c1cccc2ccccc12. The van der Waals surface area contributed by atoms with E-state index in [0.29, 0.717) is 6.67 Å². The number of pyridine rings is 1. The van der Waals surface area contributed by atoms with Gasteiger partial charge in [0.25, 0.3) is 5.56 Å². The molecule has 3 nitrogen and oxygen atoms in total. The molecule has 0 aliphatic heterocycles. The van der Waals surface area contributed by atoms with Crippen LogP contribution in [0.15, 0.2) is 71.7 Å². The molecule has 0 radical (unpaired) electrons. The Labute approximate surface area is 123 Å². The summed E-state index contributed by atoms with van der Waals surface area (Å²) in [5.74, 6) is 0. The van der Waals surface area contributed by atoms with Crippen LogP contribution in [0.25, 0.3) is 10.8 Å². The minimum atomic E-state index is 0.00937. The van der Waals surface area contributed by atoms with E-state index in [1.165, 1.54) is 16.3 Å². The van der Waals surface area contributed by atoms with E-state index in [1.807, 2.05) is 12.1 Å². The Kier molecular flexibility index (Phi) is 3.84. The lowest BCUT2D eigenvalue weighted by Gasteiger charge is -2.17. The minimum Gasteiger partial charge on any atom is -0.302 e. The smallest absolute Gasteiger partial charge is 0.251 e. The Hall–Kier alpha value is -2.39. The molecular formula is C18H18N2O. The van der Waals surface area contributed by atoms with Crippen LogP contribution in [0.3, 0.4) is 0 Å². The van der Waals surface area contributed by atoms with E-state index < -0.39 is 0 Å². The van der Waals surface area contributed by atoms with Crippen molar-refractivity contribution in [2.75, 3.05) is 0 Å². The molecule has 0 spiro atoms. The molecule has 1 atom stereocenters. The summed E-state index contributed by atoms with van der Waals surface area (Å²) in [6.45, 7) is 2.62. The fourth-order valence-electron chi connectivity index (χ4n) is 2.56.